The number of nitrogens with zero attached hydrogens (tertiary/aromatic N) is 4. The van der Waals surface area contributed by atoms with Crippen LogP contribution in [0.4, 0.5) is 4.79 Å². The minimum atomic E-state index is -4.86. The maximum Gasteiger partial charge on any atom is 0.418 e. The van der Waals surface area contributed by atoms with E-state index in [2.05, 4.69) is 14.2 Å². The second kappa shape index (κ2) is 6.95. The van der Waals surface area contributed by atoms with Crippen molar-refractivity contribution in [2.45, 2.75) is 6.04 Å². The first-order valence-electron chi connectivity index (χ1n) is 7.36. The van der Waals surface area contributed by atoms with Gasteiger partial charge < -0.3 is 10.6 Å². The van der Waals surface area contributed by atoms with Gasteiger partial charge in [-0.2, -0.15) is 18.6 Å². The van der Waals surface area contributed by atoms with Crippen molar-refractivity contribution < 1.29 is 36.5 Å². The number of nitrogens with two attached hydrogens (primary N) is 1. The Morgan fingerprint density at radius 2 is 2.19 bits per heavy atom. The van der Waals surface area contributed by atoms with Gasteiger partial charge >= 0.3 is 16.4 Å². The summed E-state index contributed by atoms with van der Waals surface area (Å²) >= 11 is 0. The molecule has 4 amide bonds. The van der Waals surface area contributed by atoms with Crippen LogP contribution in [-0.4, -0.2) is 76.3 Å². The molecule has 3 heterocycles. The number of carbonyl (C=O) groups excluding carboxylic acids is 3. The molecule has 1 aromatic rings. The number of hydroxylamine groups is 3. The summed E-state index contributed by atoms with van der Waals surface area (Å²) in [6, 6.07) is -0.151. The zero-order chi connectivity index (χ0) is 19.8. The highest BCUT2D eigenvalue weighted by atomic mass is 32.3. The fourth-order valence-electron chi connectivity index (χ4n) is 2.55. The lowest BCUT2D eigenvalue weighted by molar-refractivity contribution is -0.124. The molecule has 14 nitrogen and oxygen atoms in total. The molecule has 1 saturated heterocycles. The molecule has 1 unspecified atom stereocenters. The number of nitrogens with one attached hydrogen (secondary N) is 1. The van der Waals surface area contributed by atoms with Crippen LogP contribution in [0.5, 0.6) is 0 Å². The van der Waals surface area contributed by atoms with Gasteiger partial charge in [-0.25, -0.2) is 15.0 Å². The van der Waals surface area contributed by atoms with E-state index in [1.165, 1.54) is 27.9 Å². The molecule has 146 valence electrons. The zero-order valence-electron chi connectivity index (χ0n) is 13.5. The summed E-state index contributed by atoms with van der Waals surface area (Å²) in [4.78, 5) is 40.4. The molecule has 0 aliphatic carbocycles. The lowest BCUT2D eigenvalue weighted by Crippen LogP contribution is -2.35. The second-order valence-electron chi connectivity index (χ2n) is 5.55. The highest BCUT2D eigenvalue weighted by Crippen LogP contribution is 2.27. The Balaban J connectivity index is 1.72. The van der Waals surface area contributed by atoms with E-state index in [-0.39, 0.29) is 18.8 Å². The van der Waals surface area contributed by atoms with E-state index in [1.807, 2.05) is 5.48 Å². The van der Waals surface area contributed by atoms with Gasteiger partial charge in [0.15, 0.2) is 12.3 Å². The minimum Gasteiger partial charge on any atom is -0.368 e. The molecule has 2 bridgehead atoms. The highest BCUT2D eigenvalue weighted by Gasteiger charge is 2.43. The average Bonchev–Trinajstić information content (AvgIpc) is 3.14. The number of fused-ring (bicyclic) bond motifs is 2. The molecule has 4 N–H and O–H groups in total. The van der Waals surface area contributed by atoms with Crippen LogP contribution in [0.3, 0.4) is 0 Å². The van der Waals surface area contributed by atoms with Gasteiger partial charge in [-0.1, -0.05) is 0 Å². The van der Waals surface area contributed by atoms with Crippen molar-refractivity contribution in [1.82, 2.24) is 25.2 Å². The van der Waals surface area contributed by atoms with E-state index < -0.39 is 40.9 Å². The Labute approximate surface area is 151 Å². The van der Waals surface area contributed by atoms with E-state index >= 15 is 0 Å². The Morgan fingerprint density at radius 3 is 2.85 bits per heavy atom. The number of hydrogen-bond donors (Lipinski definition) is 3. The Hall–Kier alpha value is -3.01. The third-order valence-corrected chi connectivity index (χ3v) is 3.92. The summed E-state index contributed by atoms with van der Waals surface area (Å²) in [5.41, 5.74) is 7.30. The number of amides is 4. The largest absolute Gasteiger partial charge is 0.418 e. The van der Waals surface area contributed by atoms with Crippen LogP contribution < -0.4 is 11.2 Å². The fraction of sp³-hybridized carbons (Fsp3) is 0.333. The van der Waals surface area contributed by atoms with Crippen LogP contribution in [0.15, 0.2) is 18.3 Å². The van der Waals surface area contributed by atoms with Crippen molar-refractivity contribution >= 4 is 33.9 Å². The number of primary amides is 1. The van der Waals surface area contributed by atoms with Crippen LogP contribution >= 0.6 is 0 Å². The average molecular weight is 402 g/mol. The minimum absolute atomic E-state index is 0.0364. The van der Waals surface area contributed by atoms with Crippen molar-refractivity contribution in [1.29, 1.82) is 0 Å². The normalized spacial score (nSPS) is 19.2. The van der Waals surface area contributed by atoms with E-state index in [0.717, 1.165) is 0 Å². The maximum absolute atomic E-state index is 12.1. The van der Waals surface area contributed by atoms with Crippen LogP contribution in [0.25, 0.3) is 5.70 Å². The van der Waals surface area contributed by atoms with Gasteiger partial charge in [0.2, 0.25) is 5.91 Å². The molecule has 0 saturated carbocycles. The topological polar surface area (TPSA) is 186 Å². The van der Waals surface area contributed by atoms with Gasteiger partial charge in [0, 0.05) is 12.7 Å². The molecule has 0 aromatic carbocycles. The van der Waals surface area contributed by atoms with Crippen molar-refractivity contribution in [3.05, 3.63) is 24.0 Å². The third-order valence-electron chi connectivity index (χ3n) is 3.58. The lowest BCUT2D eigenvalue weighted by atomic mass is 10.2. The zero-order valence-corrected chi connectivity index (χ0v) is 14.3. The predicted molar refractivity (Wildman–Crippen MR) is 84.3 cm³/mol. The number of carbonyl (C=O) groups is 3. The van der Waals surface area contributed by atoms with Crippen molar-refractivity contribution in [3.63, 3.8) is 0 Å². The van der Waals surface area contributed by atoms with Gasteiger partial charge in [0.05, 0.1) is 12.2 Å². The summed E-state index contributed by atoms with van der Waals surface area (Å²) in [5.74, 6) is -1.49. The monoisotopic (exact) mass is 402 g/mol. The number of urea groups is 1. The standard InChI is InChI=1S/C12H14N6O8S/c13-10(19)6-25-15-11(20)9-1-2-17(14-9)7-3-8-5-16(4-7)12(21)18(8)26-27(22,23)24/h1-3,8H,4-6H2,(H2,13,19)(H,15,20)(H,22,23,24). The SMILES string of the molecule is NC(=O)CONC(=O)c1ccn(C2=CC3CN(C2)C(=O)N3OS(=O)(=O)O)n1. The van der Waals surface area contributed by atoms with Gasteiger partial charge in [-0.15, -0.1) is 4.28 Å². The van der Waals surface area contributed by atoms with Gasteiger partial charge in [0.1, 0.15) is 6.04 Å². The molecule has 15 heteroatoms. The van der Waals surface area contributed by atoms with Crippen molar-refractivity contribution in [3.8, 4) is 0 Å². The van der Waals surface area contributed by atoms with Crippen LogP contribution in [0, 0.1) is 0 Å². The van der Waals surface area contributed by atoms with Gasteiger partial charge in [0.25, 0.3) is 5.91 Å². The summed E-state index contributed by atoms with van der Waals surface area (Å²) < 4.78 is 36.1. The molecule has 27 heavy (non-hydrogen) atoms. The molecule has 2 aliphatic heterocycles. The predicted octanol–water partition coefficient (Wildman–Crippen LogP) is -2.28. The number of rotatable bonds is 7. The molecular formula is C12H14N6O8S. The van der Waals surface area contributed by atoms with Crippen molar-refractivity contribution in [2.75, 3.05) is 19.7 Å². The third kappa shape index (κ3) is 4.22. The Bertz CT molecular complexity index is 924. The maximum atomic E-state index is 12.1. The number of hydrogen-bond acceptors (Lipinski definition) is 8. The van der Waals surface area contributed by atoms with Crippen LogP contribution in [0.1, 0.15) is 10.5 Å². The van der Waals surface area contributed by atoms with Crippen molar-refractivity contribution in [2.24, 2.45) is 5.73 Å². The molecule has 2 aliphatic rings. The quantitative estimate of drug-likeness (QED) is 0.334. The summed E-state index contributed by atoms with van der Waals surface area (Å²) in [7, 11) is -4.86. The van der Waals surface area contributed by atoms with E-state index in [0.29, 0.717) is 10.8 Å². The smallest absolute Gasteiger partial charge is 0.368 e. The molecular weight excluding hydrogens is 388 g/mol. The summed E-state index contributed by atoms with van der Waals surface area (Å²) in [5, 5.41) is 4.57. The lowest BCUT2D eigenvalue weighted by Gasteiger charge is -2.20. The summed E-state index contributed by atoms with van der Waals surface area (Å²) in [6.45, 7) is -0.269. The van der Waals surface area contributed by atoms with E-state index in [1.54, 1.807) is 0 Å². The van der Waals surface area contributed by atoms with Gasteiger partial charge in [-0.3, -0.25) is 19.0 Å². The molecule has 1 aromatic heterocycles. The molecule has 1 atom stereocenters. The first-order valence-corrected chi connectivity index (χ1v) is 8.73. The first kappa shape index (κ1) is 18.8. The molecule has 1 fully saturated rings. The Morgan fingerprint density at radius 1 is 1.44 bits per heavy atom. The van der Waals surface area contributed by atoms with E-state index in [9.17, 15) is 22.8 Å². The number of aromatic nitrogens is 2. The fourth-order valence-corrected chi connectivity index (χ4v) is 2.93. The molecule has 3 rings (SSSR count). The van der Waals surface area contributed by atoms with Crippen LogP contribution in [-0.2, 0) is 24.3 Å². The summed E-state index contributed by atoms with van der Waals surface area (Å²) in [6.07, 6.45) is 2.96. The van der Waals surface area contributed by atoms with Gasteiger partial charge in [-0.05, 0) is 12.1 Å². The van der Waals surface area contributed by atoms with Crippen LogP contribution in [0.2, 0.25) is 0 Å². The molecule has 0 radical (unpaired) electrons. The van der Waals surface area contributed by atoms with E-state index in [4.69, 9.17) is 10.3 Å². The second-order valence-corrected chi connectivity index (χ2v) is 6.55. The molecule has 0 spiro atoms. The highest BCUT2D eigenvalue weighted by molar-refractivity contribution is 7.80. The Kier molecular flexibility index (Phi) is 4.83. The first-order chi connectivity index (χ1) is 12.6.